The van der Waals surface area contributed by atoms with E-state index in [-0.39, 0.29) is 17.3 Å². The topological polar surface area (TPSA) is 12.0 Å². The van der Waals surface area contributed by atoms with Crippen LogP contribution >= 0.6 is 27.5 Å². The molecule has 1 aromatic rings. The Hall–Kier alpha value is -0.120. The van der Waals surface area contributed by atoms with Crippen LogP contribution in [0.1, 0.15) is 50.8 Å². The average Bonchev–Trinajstić information content (AvgIpc) is 2.55. The van der Waals surface area contributed by atoms with Gasteiger partial charge in [-0.1, -0.05) is 32.4 Å². The summed E-state index contributed by atoms with van der Waals surface area (Å²) in [7, 11) is 0. The van der Waals surface area contributed by atoms with Gasteiger partial charge in [0.1, 0.15) is 5.82 Å². The summed E-state index contributed by atoms with van der Waals surface area (Å²) in [5, 5.41) is 4.11. The molecule has 1 aliphatic rings. The van der Waals surface area contributed by atoms with Crippen LogP contribution in [-0.4, -0.2) is 6.54 Å². The Morgan fingerprint density at radius 2 is 2.22 bits per heavy atom. The first-order valence-electron chi connectivity index (χ1n) is 6.29. The van der Waals surface area contributed by atoms with Crippen LogP contribution in [0.2, 0.25) is 5.02 Å². The van der Waals surface area contributed by atoms with E-state index in [2.05, 4.69) is 42.0 Å². The molecule has 1 nitrogen and oxygen atoms in total. The van der Waals surface area contributed by atoms with Crippen LogP contribution < -0.4 is 5.32 Å². The fraction of sp³-hybridized carbons (Fsp3) is 0.571. The Bertz CT molecular complexity index is 473. The van der Waals surface area contributed by atoms with Crippen molar-refractivity contribution in [2.45, 2.75) is 45.1 Å². The van der Waals surface area contributed by atoms with Crippen molar-refractivity contribution in [3.05, 3.63) is 32.5 Å². The van der Waals surface area contributed by atoms with Gasteiger partial charge in [0.2, 0.25) is 0 Å². The van der Waals surface area contributed by atoms with Gasteiger partial charge in [0, 0.05) is 10.5 Å². The van der Waals surface area contributed by atoms with E-state index in [1.807, 2.05) is 0 Å². The zero-order valence-electron chi connectivity index (χ0n) is 10.9. The summed E-state index contributed by atoms with van der Waals surface area (Å²) in [5.74, 6) is -0.160. The van der Waals surface area contributed by atoms with E-state index < -0.39 is 0 Å². The highest BCUT2D eigenvalue weighted by Gasteiger charge is 2.41. The SMILES string of the molecule is CCCNC1CC(C)(C)c2c(F)cc(Br)c(Cl)c21. The predicted octanol–water partition coefficient (Wildman–Crippen LogP) is 4.96. The second-order valence-corrected chi connectivity index (χ2v) is 6.77. The molecule has 18 heavy (non-hydrogen) atoms. The highest BCUT2D eigenvalue weighted by Crippen LogP contribution is 2.50. The predicted molar refractivity (Wildman–Crippen MR) is 77.8 cm³/mol. The summed E-state index contributed by atoms with van der Waals surface area (Å²) >= 11 is 9.69. The van der Waals surface area contributed by atoms with E-state index in [0.717, 1.165) is 30.5 Å². The molecule has 1 aliphatic carbocycles. The summed E-state index contributed by atoms with van der Waals surface area (Å²) in [4.78, 5) is 0. The van der Waals surface area contributed by atoms with E-state index in [0.29, 0.717) is 9.50 Å². The van der Waals surface area contributed by atoms with E-state index in [1.54, 1.807) is 0 Å². The number of fused-ring (bicyclic) bond motifs is 1. The smallest absolute Gasteiger partial charge is 0.128 e. The van der Waals surface area contributed by atoms with Gasteiger partial charge in [0.05, 0.1) is 5.02 Å². The fourth-order valence-electron chi connectivity index (χ4n) is 2.84. The molecule has 4 heteroatoms. The van der Waals surface area contributed by atoms with Gasteiger partial charge in [-0.2, -0.15) is 0 Å². The van der Waals surface area contributed by atoms with Gasteiger partial charge in [-0.05, 0) is 57.9 Å². The van der Waals surface area contributed by atoms with Crippen molar-refractivity contribution in [2.75, 3.05) is 6.54 Å². The molecule has 0 fully saturated rings. The summed E-state index contributed by atoms with van der Waals surface area (Å²) in [5.41, 5.74) is 1.53. The maximum atomic E-state index is 14.2. The Balaban J connectivity index is 2.53. The lowest BCUT2D eigenvalue weighted by atomic mass is 9.86. The Morgan fingerprint density at radius 3 is 2.83 bits per heavy atom. The molecule has 0 aromatic heterocycles. The fourth-order valence-corrected chi connectivity index (χ4v) is 3.53. The van der Waals surface area contributed by atoms with Crippen molar-refractivity contribution in [3.63, 3.8) is 0 Å². The molecule has 0 saturated carbocycles. The molecule has 1 atom stereocenters. The summed E-state index contributed by atoms with van der Waals surface area (Å²) in [6, 6.07) is 1.62. The largest absolute Gasteiger partial charge is 0.310 e. The standard InChI is InChI=1S/C14H18BrClFN/c1-4-5-18-10-7-14(2,3)12-9(17)6-8(15)13(16)11(10)12/h6,10,18H,4-5,7H2,1-3H3. The zero-order chi connectivity index (χ0) is 13.5. The number of benzene rings is 1. The first kappa shape index (κ1) is 14.3. The molecule has 0 radical (unpaired) electrons. The number of rotatable bonds is 3. The van der Waals surface area contributed by atoms with Gasteiger partial charge >= 0.3 is 0 Å². The number of nitrogens with one attached hydrogen (secondary N) is 1. The molecule has 0 aliphatic heterocycles. The Labute approximate surface area is 121 Å². The molecule has 0 bridgehead atoms. The molecule has 0 heterocycles. The zero-order valence-corrected chi connectivity index (χ0v) is 13.3. The van der Waals surface area contributed by atoms with Crippen molar-refractivity contribution >= 4 is 27.5 Å². The number of hydrogen-bond acceptors (Lipinski definition) is 1. The second kappa shape index (κ2) is 5.10. The van der Waals surface area contributed by atoms with Crippen LogP contribution in [0.25, 0.3) is 0 Å². The molecule has 0 spiro atoms. The normalized spacial score (nSPS) is 21.1. The number of halogens is 3. The van der Waals surface area contributed by atoms with E-state index in [4.69, 9.17) is 11.6 Å². The lowest BCUT2D eigenvalue weighted by Crippen LogP contribution is -2.22. The van der Waals surface area contributed by atoms with Gasteiger partial charge < -0.3 is 5.32 Å². The van der Waals surface area contributed by atoms with Gasteiger partial charge in [0.25, 0.3) is 0 Å². The highest BCUT2D eigenvalue weighted by atomic mass is 79.9. The van der Waals surface area contributed by atoms with Crippen LogP contribution in [-0.2, 0) is 5.41 Å². The molecule has 2 rings (SSSR count). The van der Waals surface area contributed by atoms with Gasteiger partial charge in [0.15, 0.2) is 0 Å². The monoisotopic (exact) mass is 333 g/mol. The van der Waals surface area contributed by atoms with Crippen molar-refractivity contribution in [3.8, 4) is 0 Å². The number of hydrogen-bond donors (Lipinski definition) is 1. The third-order valence-corrected chi connectivity index (χ3v) is 4.85. The summed E-state index contributed by atoms with van der Waals surface area (Å²) in [6.07, 6.45) is 1.94. The third-order valence-electron chi connectivity index (χ3n) is 3.59. The van der Waals surface area contributed by atoms with Crippen LogP contribution in [0.3, 0.4) is 0 Å². The molecule has 1 N–H and O–H groups in total. The van der Waals surface area contributed by atoms with Crippen LogP contribution in [0.5, 0.6) is 0 Å². The van der Waals surface area contributed by atoms with Crippen molar-refractivity contribution in [1.82, 2.24) is 5.32 Å². The Morgan fingerprint density at radius 1 is 1.56 bits per heavy atom. The quantitative estimate of drug-likeness (QED) is 0.770. The first-order chi connectivity index (χ1) is 8.38. The van der Waals surface area contributed by atoms with Gasteiger partial charge in [-0.25, -0.2) is 4.39 Å². The van der Waals surface area contributed by atoms with E-state index >= 15 is 0 Å². The molecular weight excluding hydrogens is 317 g/mol. The average molecular weight is 335 g/mol. The lowest BCUT2D eigenvalue weighted by Gasteiger charge is -2.20. The summed E-state index contributed by atoms with van der Waals surface area (Å²) < 4.78 is 14.8. The minimum Gasteiger partial charge on any atom is -0.310 e. The Kier molecular flexibility index (Phi) is 4.05. The van der Waals surface area contributed by atoms with E-state index in [9.17, 15) is 4.39 Å². The minimum atomic E-state index is -0.171. The van der Waals surface area contributed by atoms with Crippen molar-refractivity contribution in [2.24, 2.45) is 0 Å². The summed E-state index contributed by atoms with van der Waals surface area (Å²) in [6.45, 7) is 7.20. The molecular formula is C14H18BrClFN. The van der Waals surface area contributed by atoms with Crippen molar-refractivity contribution in [1.29, 1.82) is 0 Å². The lowest BCUT2D eigenvalue weighted by molar-refractivity contribution is 0.419. The molecule has 1 unspecified atom stereocenters. The minimum absolute atomic E-state index is 0.148. The van der Waals surface area contributed by atoms with Crippen LogP contribution in [0.4, 0.5) is 4.39 Å². The maximum Gasteiger partial charge on any atom is 0.128 e. The van der Waals surface area contributed by atoms with Crippen LogP contribution in [0, 0.1) is 5.82 Å². The molecule has 1 aromatic carbocycles. The van der Waals surface area contributed by atoms with Gasteiger partial charge in [-0.15, -0.1) is 0 Å². The molecule has 0 saturated heterocycles. The second-order valence-electron chi connectivity index (χ2n) is 5.54. The molecule has 0 amide bonds. The van der Waals surface area contributed by atoms with Gasteiger partial charge in [-0.3, -0.25) is 0 Å². The van der Waals surface area contributed by atoms with E-state index in [1.165, 1.54) is 6.07 Å². The first-order valence-corrected chi connectivity index (χ1v) is 7.47. The third kappa shape index (κ3) is 2.33. The van der Waals surface area contributed by atoms with Crippen LogP contribution in [0.15, 0.2) is 10.5 Å². The highest BCUT2D eigenvalue weighted by molar-refractivity contribution is 9.10. The van der Waals surface area contributed by atoms with Crippen molar-refractivity contribution < 1.29 is 4.39 Å². The maximum absolute atomic E-state index is 14.2. The molecule has 100 valence electrons.